The Morgan fingerprint density at radius 1 is 0.786 bits per heavy atom. The molecule has 3 fully saturated rings. The standard InChI is InChI=1S/C45H78NO8PS/c1-15-46(16-2)55(56,54-40-39(36-28-47-43(10,11)49-36)48-42-41(40)50-44(12,13)52-42)53-37-32(7)33(8)38-35(34(37)9)25-27-45(14,51-38)26-19-24-31(6)23-18-22-30(5)21-17-20-29(3)4/h29-31,36,39-42H,15-28H2,1-14H3/t30-,31-,36-,39+,40+,41+,42+,45-,55?/m0/s1. The van der Waals surface area contributed by atoms with Gasteiger partial charge in [0.25, 0.3) is 0 Å². The number of benzene rings is 1. The van der Waals surface area contributed by atoms with Gasteiger partial charge in [-0.15, -0.1) is 0 Å². The second-order valence-electron chi connectivity index (χ2n) is 19.1. The Morgan fingerprint density at radius 3 is 2.00 bits per heavy atom. The zero-order valence-corrected chi connectivity index (χ0v) is 39.3. The van der Waals surface area contributed by atoms with E-state index in [2.05, 4.69) is 73.9 Å². The van der Waals surface area contributed by atoms with Gasteiger partial charge in [0.15, 0.2) is 17.9 Å². The van der Waals surface area contributed by atoms with Crippen molar-refractivity contribution in [2.24, 2.45) is 17.8 Å². The summed E-state index contributed by atoms with van der Waals surface area (Å²) in [6.07, 6.45) is 11.0. The van der Waals surface area contributed by atoms with Crippen LogP contribution >= 0.6 is 6.64 Å². The highest BCUT2D eigenvalue weighted by Crippen LogP contribution is 2.59. The molecule has 4 aliphatic rings. The van der Waals surface area contributed by atoms with Crippen LogP contribution in [-0.2, 0) is 46.4 Å². The molecular formula is C45H78NO8PS. The largest absolute Gasteiger partial charge is 0.487 e. The van der Waals surface area contributed by atoms with Crippen molar-refractivity contribution >= 4 is 18.4 Å². The minimum atomic E-state index is -3.17. The van der Waals surface area contributed by atoms with Crippen molar-refractivity contribution < 1.29 is 37.5 Å². The summed E-state index contributed by atoms with van der Waals surface area (Å²) in [4.78, 5) is 0. The van der Waals surface area contributed by atoms with E-state index in [9.17, 15) is 0 Å². The smallest absolute Gasteiger partial charge is 0.315 e. The zero-order chi connectivity index (χ0) is 41.2. The maximum atomic E-state index is 7.14. The topological polar surface area (TPSA) is 77.1 Å². The second-order valence-corrected chi connectivity index (χ2v) is 22.4. The highest BCUT2D eigenvalue weighted by Gasteiger charge is 2.60. The van der Waals surface area contributed by atoms with Crippen molar-refractivity contribution in [3.63, 3.8) is 0 Å². The van der Waals surface area contributed by atoms with Crippen LogP contribution in [0.4, 0.5) is 0 Å². The molecule has 0 N–H and O–H groups in total. The maximum Gasteiger partial charge on any atom is 0.315 e. The molecule has 9 nitrogen and oxygen atoms in total. The number of nitrogens with zero attached hydrogens (tertiary/aromatic N) is 1. The van der Waals surface area contributed by atoms with Crippen LogP contribution in [0, 0.1) is 38.5 Å². The zero-order valence-electron chi connectivity index (χ0n) is 37.6. The summed E-state index contributed by atoms with van der Waals surface area (Å²) in [5.74, 6) is 2.67. The maximum absolute atomic E-state index is 7.14. The van der Waals surface area contributed by atoms with Crippen LogP contribution in [0.5, 0.6) is 11.5 Å². The Morgan fingerprint density at radius 2 is 1.41 bits per heavy atom. The van der Waals surface area contributed by atoms with Gasteiger partial charge >= 0.3 is 6.64 Å². The average Bonchev–Trinajstić information content (AvgIpc) is 3.74. The van der Waals surface area contributed by atoms with E-state index in [4.69, 9.17) is 49.3 Å². The molecule has 1 unspecified atom stereocenters. The fraction of sp³-hybridized carbons (Fsp3) is 0.867. The van der Waals surface area contributed by atoms with Gasteiger partial charge in [-0.25, -0.2) is 4.67 Å². The lowest BCUT2D eigenvalue weighted by atomic mass is 9.84. The summed E-state index contributed by atoms with van der Waals surface area (Å²) in [7, 11) is 0. The molecule has 0 spiro atoms. The van der Waals surface area contributed by atoms with Crippen molar-refractivity contribution in [2.75, 3.05) is 19.7 Å². The van der Waals surface area contributed by atoms with Gasteiger partial charge in [0.05, 0.1) is 6.61 Å². The lowest BCUT2D eigenvalue weighted by molar-refractivity contribution is -0.230. The fourth-order valence-electron chi connectivity index (χ4n) is 9.18. The van der Waals surface area contributed by atoms with Gasteiger partial charge in [0, 0.05) is 18.7 Å². The molecular weight excluding hydrogens is 746 g/mol. The van der Waals surface area contributed by atoms with Crippen LogP contribution in [0.25, 0.3) is 0 Å². The molecule has 0 bridgehead atoms. The van der Waals surface area contributed by atoms with Gasteiger partial charge in [-0.05, 0) is 127 Å². The van der Waals surface area contributed by atoms with Gasteiger partial charge in [0.1, 0.15) is 41.5 Å². The Labute approximate surface area is 346 Å². The van der Waals surface area contributed by atoms with Crippen LogP contribution < -0.4 is 9.26 Å². The van der Waals surface area contributed by atoms with Crippen LogP contribution in [0.15, 0.2) is 0 Å². The van der Waals surface area contributed by atoms with Gasteiger partial charge in [-0.3, -0.25) is 4.52 Å². The third-order valence-corrected chi connectivity index (χ3v) is 16.2. The molecule has 0 amide bonds. The summed E-state index contributed by atoms with van der Waals surface area (Å²) in [6.45, 7) is 28.6. The molecule has 11 heteroatoms. The Balaban J connectivity index is 1.28. The first-order chi connectivity index (χ1) is 26.2. The molecule has 9 atom stereocenters. The van der Waals surface area contributed by atoms with Crippen molar-refractivity contribution in [2.45, 2.75) is 215 Å². The van der Waals surface area contributed by atoms with Crippen LogP contribution in [-0.4, -0.2) is 72.2 Å². The second kappa shape index (κ2) is 18.8. The molecule has 1 aromatic carbocycles. The SMILES string of the molecule is CCN(CC)P(=S)(Oc1c(C)c(C)c2c(c1C)CC[C@](C)(CCC[C@@H](C)CCC[C@@H](C)CCCC(C)C)O2)O[C@H]1[C@H]2OC(C)(C)O[C@H]2O[C@@H]1[C@@H]1COC(C)(C)O1. The van der Waals surface area contributed by atoms with Crippen molar-refractivity contribution in [1.29, 1.82) is 0 Å². The van der Waals surface area contributed by atoms with Crippen LogP contribution in [0.1, 0.15) is 163 Å². The molecule has 56 heavy (non-hydrogen) atoms. The lowest BCUT2D eigenvalue weighted by Gasteiger charge is -2.40. The molecule has 0 saturated carbocycles. The van der Waals surface area contributed by atoms with Gasteiger partial charge in [-0.1, -0.05) is 86.5 Å². The first kappa shape index (κ1) is 46.3. The van der Waals surface area contributed by atoms with Crippen molar-refractivity contribution in [1.82, 2.24) is 4.67 Å². The van der Waals surface area contributed by atoms with Crippen LogP contribution in [0.2, 0.25) is 0 Å². The summed E-state index contributed by atoms with van der Waals surface area (Å²) < 4.78 is 54.8. The Bertz CT molecular complexity index is 1520. The van der Waals surface area contributed by atoms with Gasteiger partial charge in [0.2, 0.25) is 0 Å². The quantitative estimate of drug-likeness (QED) is 0.119. The Hall–Kier alpha value is -0.810. The van der Waals surface area contributed by atoms with Crippen LogP contribution in [0.3, 0.4) is 0 Å². The fourth-order valence-corrected chi connectivity index (χ4v) is 12.4. The molecule has 1 aromatic rings. The Kier molecular flexibility index (Phi) is 15.6. The molecule has 0 radical (unpaired) electrons. The summed E-state index contributed by atoms with van der Waals surface area (Å²) in [5.41, 5.74) is 4.26. The van der Waals surface area contributed by atoms with E-state index >= 15 is 0 Å². The van der Waals surface area contributed by atoms with Gasteiger partial charge < -0.3 is 32.9 Å². The number of rotatable bonds is 20. The molecule has 3 saturated heterocycles. The van der Waals surface area contributed by atoms with E-state index in [1.807, 2.05) is 27.7 Å². The number of ether oxygens (including phenoxy) is 6. The van der Waals surface area contributed by atoms with Gasteiger partial charge in [-0.2, -0.15) is 0 Å². The van der Waals surface area contributed by atoms with E-state index < -0.39 is 42.8 Å². The summed E-state index contributed by atoms with van der Waals surface area (Å²) in [5, 5.41) is 0. The highest BCUT2D eigenvalue weighted by molar-refractivity contribution is 8.08. The number of hydrogen-bond acceptors (Lipinski definition) is 9. The number of fused-ring (bicyclic) bond motifs is 2. The molecule has 4 heterocycles. The molecule has 4 aliphatic heterocycles. The highest BCUT2D eigenvalue weighted by atomic mass is 32.5. The van der Waals surface area contributed by atoms with E-state index in [0.29, 0.717) is 19.7 Å². The van der Waals surface area contributed by atoms with Crippen molar-refractivity contribution in [3.05, 3.63) is 22.3 Å². The minimum Gasteiger partial charge on any atom is -0.487 e. The third-order valence-electron chi connectivity index (χ3n) is 12.8. The predicted octanol–water partition coefficient (Wildman–Crippen LogP) is 11.5. The monoisotopic (exact) mass is 824 g/mol. The number of hydrogen-bond donors (Lipinski definition) is 0. The first-order valence-electron chi connectivity index (χ1n) is 22.1. The predicted molar refractivity (Wildman–Crippen MR) is 229 cm³/mol. The van der Waals surface area contributed by atoms with E-state index in [1.54, 1.807) is 0 Å². The molecule has 5 rings (SSSR count). The lowest BCUT2D eigenvalue weighted by Crippen LogP contribution is -2.45. The van der Waals surface area contributed by atoms with E-state index in [1.165, 1.54) is 56.9 Å². The molecule has 0 aliphatic carbocycles. The average molecular weight is 824 g/mol. The normalized spacial score (nSPS) is 30.2. The van der Waals surface area contributed by atoms with E-state index in [0.717, 1.165) is 65.2 Å². The molecule has 0 aromatic heterocycles. The first-order valence-corrected chi connectivity index (χ1v) is 24.7. The summed E-state index contributed by atoms with van der Waals surface area (Å²) >= 11 is 6.55. The van der Waals surface area contributed by atoms with E-state index in [-0.39, 0.29) is 11.7 Å². The molecule has 322 valence electrons. The van der Waals surface area contributed by atoms with Crippen molar-refractivity contribution in [3.8, 4) is 11.5 Å². The summed E-state index contributed by atoms with van der Waals surface area (Å²) in [6, 6.07) is 0. The third kappa shape index (κ3) is 11.1. The minimum absolute atomic E-state index is 0.186.